The summed E-state index contributed by atoms with van der Waals surface area (Å²) in [5.41, 5.74) is 2.73. The van der Waals surface area contributed by atoms with Crippen LogP contribution in [0.4, 0.5) is 10.8 Å². The number of aromatic nitrogens is 1. The monoisotopic (exact) mass is 431 g/mol. The molecule has 2 heterocycles. The first kappa shape index (κ1) is 21.0. The number of anilines is 2. The molecule has 1 aromatic heterocycles. The Morgan fingerprint density at radius 1 is 1.03 bits per heavy atom. The Morgan fingerprint density at radius 2 is 1.68 bits per heavy atom. The third-order valence-electron chi connectivity index (χ3n) is 5.41. The van der Waals surface area contributed by atoms with Crippen molar-refractivity contribution in [2.75, 3.05) is 18.0 Å². The summed E-state index contributed by atoms with van der Waals surface area (Å²) in [7, 11) is 0. The van der Waals surface area contributed by atoms with Gasteiger partial charge in [0, 0.05) is 30.5 Å². The van der Waals surface area contributed by atoms with E-state index in [0.717, 1.165) is 16.9 Å². The van der Waals surface area contributed by atoms with Crippen molar-refractivity contribution in [3.05, 3.63) is 83.4 Å². The minimum atomic E-state index is -0.133. The van der Waals surface area contributed by atoms with Gasteiger partial charge in [0.15, 0.2) is 5.13 Å². The lowest BCUT2D eigenvalue weighted by Gasteiger charge is -2.33. The lowest BCUT2D eigenvalue weighted by Crippen LogP contribution is -2.43. The Labute approximate surface area is 186 Å². The first-order valence-electron chi connectivity index (χ1n) is 10.4. The van der Waals surface area contributed by atoms with Crippen molar-refractivity contribution in [1.82, 2.24) is 9.88 Å². The second-order valence-corrected chi connectivity index (χ2v) is 8.46. The van der Waals surface area contributed by atoms with Crippen LogP contribution in [-0.4, -0.2) is 34.8 Å². The zero-order valence-electron chi connectivity index (χ0n) is 17.5. The number of benzene rings is 2. The molecule has 31 heavy (non-hydrogen) atoms. The lowest BCUT2D eigenvalue weighted by atomic mass is 9.95. The molecule has 1 fully saturated rings. The van der Waals surface area contributed by atoms with Crippen molar-refractivity contribution >= 4 is 40.0 Å². The van der Waals surface area contributed by atoms with E-state index >= 15 is 0 Å². The molecule has 4 rings (SSSR count). The van der Waals surface area contributed by atoms with E-state index in [0.29, 0.717) is 31.1 Å². The van der Waals surface area contributed by atoms with Gasteiger partial charge in [-0.25, -0.2) is 4.98 Å². The fourth-order valence-electron chi connectivity index (χ4n) is 3.72. The number of likely N-dealkylation sites (tertiary alicyclic amines) is 1. The maximum absolute atomic E-state index is 13.5. The van der Waals surface area contributed by atoms with Crippen molar-refractivity contribution in [2.45, 2.75) is 19.8 Å². The molecular formula is C25H25N3O2S. The molecular weight excluding hydrogens is 406 g/mol. The Morgan fingerprint density at radius 3 is 2.29 bits per heavy atom. The summed E-state index contributed by atoms with van der Waals surface area (Å²) in [6, 6.07) is 19.4. The maximum Gasteiger partial charge on any atom is 0.246 e. The number of aryl methyl sites for hydroxylation is 1. The molecule has 5 nitrogen and oxygen atoms in total. The van der Waals surface area contributed by atoms with Crippen LogP contribution in [-0.2, 0) is 9.59 Å². The largest absolute Gasteiger partial charge is 0.339 e. The second kappa shape index (κ2) is 9.71. The number of thiazole rings is 1. The van der Waals surface area contributed by atoms with Crippen LogP contribution in [0.25, 0.3) is 6.08 Å². The average molecular weight is 432 g/mol. The molecule has 1 aliphatic heterocycles. The second-order valence-electron chi connectivity index (χ2n) is 7.62. The van der Waals surface area contributed by atoms with Crippen LogP contribution >= 0.6 is 11.3 Å². The smallest absolute Gasteiger partial charge is 0.246 e. The van der Waals surface area contributed by atoms with E-state index < -0.39 is 0 Å². The Balaban J connectivity index is 1.42. The quantitative estimate of drug-likeness (QED) is 0.530. The van der Waals surface area contributed by atoms with E-state index in [-0.39, 0.29) is 17.7 Å². The number of hydrogen-bond acceptors (Lipinski definition) is 4. The molecule has 2 amide bonds. The first-order chi connectivity index (χ1) is 15.1. The molecule has 0 atom stereocenters. The highest BCUT2D eigenvalue weighted by atomic mass is 32.1. The lowest BCUT2D eigenvalue weighted by molar-refractivity contribution is -0.130. The molecule has 3 aromatic rings. The van der Waals surface area contributed by atoms with Crippen molar-refractivity contribution in [3.8, 4) is 0 Å². The van der Waals surface area contributed by atoms with Gasteiger partial charge in [-0.1, -0.05) is 48.5 Å². The first-order valence-corrected chi connectivity index (χ1v) is 11.3. The van der Waals surface area contributed by atoms with Gasteiger partial charge in [-0.3, -0.25) is 14.5 Å². The number of amides is 2. The standard InChI is InChI=1S/C25H25N3O2S/c1-19-18-31-25(26-19)28(22-10-6-3-7-11-22)24(30)21-14-16-27(17-15-21)23(29)13-12-20-8-4-2-5-9-20/h2-13,18,21H,14-17H2,1H3. The van der Waals surface area contributed by atoms with Crippen LogP contribution in [0.3, 0.4) is 0 Å². The predicted molar refractivity (Wildman–Crippen MR) is 125 cm³/mol. The van der Waals surface area contributed by atoms with Crippen molar-refractivity contribution < 1.29 is 9.59 Å². The van der Waals surface area contributed by atoms with Gasteiger partial charge in [-0.2, -0.15) is 0 Å². The van der Waals surface area contributed by atoms with Crippen molar-refractivity contribution in [2.24, 2.45) is 5.92 Å². The molecule has 1 saturated heterocycles. The molecule has 6 heteroatoms. The highest BCUT2D eigenvalue weighted by Crippen LogP contribution is 2.32. The Hall–Kier alpha value is -3.25. The molecule has 0 bridgehead atoms. The van der Waals surface area contributed by atoms with Crippen LogP contribution in [0.1, 0.15) is 24.1 Å². The zero-order chi connectivity index (χ0) is 21.6. The fraction of sp³-hybridized carbons (Fsp3) is 0.240. The van der Waals surface area contributed by atoms with Crippen molar-refractivity contribution in [1.29, 1.82) is 0 Å². The minimum absolute atomic E-state index is 0.00906. The highest BCUT2D eigenvalue weighted by molar-refractivity contribution is 7.14. The molecule has 0 spiro atoms. The Bertz CT molecular complexity index is 1050. The van der Waals surface area contributed by atoms with Crippen LogP contribution in [0.5, 0.6) is 0 Å². The molecule has 2 aromatic carbocycles. The number of nitrogens with zero attached hydrogens (tertiary/aromatic N) is 3. The number of carbonyl (C=O) groups is 2. The molecule has 0 aliphatic carbocycles. The van der Waals surface area contributed by atoms with Crippen LogP contribution < -0.4 is 4.90 Å². The number of para-hydroxylation sites is 1. The van der Waals surface area contributed by atoms with Crippen LogP contribution in [0.2, 0.25) is 0 Å². The summed E-state index contributed by atoms with van der Waals surface area (Å²) in [4.78, 5) is 34.1. The maximum atomic E-state index is 13.5. The Kier molecular flexibility index (Phi) is 6.57. The highest BCUT2D eigenvalue weighted by Gasteiger charge is 2.32. The third-order valence-corrected chi connectivity index (χ3v) is 6.35. The zero-order valence-corrected chi connectivity index (χ0v) is 18.3. The molecule has 1 aliphatic rings. The van der Waals surface area contributed by atoms with Gasteiger partial charge in [-0.15, -0.1) is 11.3 Å². The number of carbonyl (C=O) groups excluding carboxylic acids is 2. The summed E-state index contributed by atoms with van der Waals surface area (Å²) in [5, 5.41) is 2.65. The van der Waals surface area contributed by atoms with E-state index in [1.165, 1.54) is 11.3 Å². The summed E-state index contributed by atoms with van der Waals surface area (Å²) in [5.74, 6) is -0.0933. The molecule has 0 radical (unpaired) electrons. The predicted octanol–water partition coefficient (Wildman–Crippen LogP) is 5.07. The summed E-state index contributed by atoms with van der Waals surface area (Å²) in [6.07, 6.45) is 4.75. The number of hydrogen-bond donors (Lipinski definition) is 0. The van der Waals surface area contributed by atoms with Gasteiger partial charge in [0.25, 0.3) is 0 Å². The topological polar surface area (TPSA) is 53.5 Å². The number of rotatable bonds is 5. The minimum Gasteiger partial charge on any atom is -0.339 e. The normalized spacial score (nSPS) is 14.7. The molecule has 0 unspecified atom stereocenters. The SMILES string of the molecule is Cc1csc(N(C(=O)C2CCN(C(=O)C=Cc3ccccc3)CC2)c2ccccc2)n1. The third kappa shape index (κ3) is 5.09. The van der Waals surface area contributed by atoms with E-state index in [9.17, 15) is 9.59 Å². The summed E-state index contributed by atoms with van der Waals surface area (Å²) in [6.45, 7) is 3.09. The summed E-state index contributed by atoms with van der Waals surface area (Å²) >= 11 is 1.48. The van der Waals surface area contributed by atoms with Gasteiger partial charge in [0.2, 0.25) is 11.8 Å². The number of piperidine rings is 1. The van der Waals surface area contributed by atoms with E-state index in [2.05, 4.69) is 4.98 Å². The van der Waals surface area contributed by atoms with Gasteiger partial charge in [-0.05, 0) is 43.5 Å². The molecule has 0 saturated carbocycles. The van der Waals surface area contributed by atoms with E-state index in [1.807, 2.05) is 83.9 Å². The molecule has 0 N–H and O–H groups in total. The van der Waals surface area contributed by atoms with Gasteiger partial charge >= 0.3 is 0 Å². The van der Waals surface area contributed by atoms with E-state index in [1.54, 1.807) is 11.0 Å². The van der Waals surface area contributed by atoms with Gasteiger partial charge < -0.3 is 4.90 Å². The molecule has 158 valence electrons. The van der Waals surface area contributed by atoms with Crippen LogP contribution in [0.15, 0.2) is 72.1 Å². The van der Waals surface area contributed by atoms with Crippen LogP contribution in [0, 0.1) is 12.8 Å². The van der Waals surface area contributed by atoms with Gasteiger partial charge in [0.1, 0.15) is 0 Å². The average Bonchev–Trinajstić information content (AvgIpc) is 3.24. The fourth-order valence-corrected chi connectivity index (χ4v) is 4.55. The summed E-state index contributed by atoms with van der Waals surface area (Å²) < 4.78 is 0. The van der Waals surface area contributed by atoms with Gasteiger partial charge in [0.05, 0.1) is 11.4 Å². The van der Waals surface area contributed by atoms with Crippen molar-refractivity contribution in [3.63, 3.8) is 0 Å². The van der Waals surface area contributed by atoms with E-state index in [4.69, 9.17) is 0 Å².